The maximum atomic E-state index is 4.52. The molecular weight excluding hydrogens is 230 g/mol. The summed E-state index contributed by atoms with van der Waals surface area (Å²) in [5.41, 5.74) is 0. The van der Waals surface area contributed by atoms with Crippen molar-refractivity contribution in [1.82, 2.24) is 14.9 Å². The summed E-state index contributed by atoms with van der Waals surface area (Å²) in [5, 5.41) is 5.54. The molecule has 0 amide bonds. The van der Waals surface area contributed by atoms with Gasteiger partial charge in [-0.1, -0.05) is 6.07 Å². The van der Waals surface area contributed by atoms with Crippen molar-refractivity contribution in [2.75, 3.05) is 13.1 Å². The van der Waals surface area contributed by atoms with E-state index in [0.717, 1.165) is 19.5 Å². The van der Waals surface area contributed by atoms with Crippen LogP contribution in [0.5, 0.6) is 0 Å². The van der Waals surface area contributed by atoms with Crippen molar-refractivity contribution in [3.05, 3.63) is 40.6 Å². The molecule has 1 aliphatic heterocycles. The lowest BCUT2D eigenvalue weighted by Gasteiger charge is -2.25. The Balaban J connectivity index is 1.78. The first-order valence-electron chi connectivity index (χ1n) is 6.18. The molecule has 3 nitrogen and oxygen atoms in total. The average molecular weight is 247 g/mol. The van der Waals surface area contributed by atoms with Crippen molar-refractivity contribution in [2.45, 2.75) is 25.3 Å². The highest BCUT2D eigenvalue weighted by atomic mass is 32.1. The number of nitrogens with one attached hydrogen (secondary N) is 1. The Hall–Kier alpha value is -1.13. The molecule has 0 spiro atoms. The monoisotopic (exact) mass is 247 g/mol. The van der Waals surface area contributed by atoms with Crippen molar-refractivity contribution < 1.29 is 0 Å². The fourth-order valence-corrected chi connectivity index (χ4v) is 3.17. The standard InChI is InChI=1S/C13H17N3S/c1-2-12(17-9-1)10-13-15-7-8-16(13)11-3-5-14-6-4-11/h1-2,7-9,11,14H,3-6,10H2. The molecule has 0 atom stereocenters. The van der Waals surface area contributed by atoms with E-state index in [1.807, 2.05) is 17.5 Å². The van der Waals surface area contributed by atoms with E-state index in [2.05, 4.69) is 38.6 Å². The number of piperidine rings is 1. The van der Waals surface area contributed by atoms with Gasteiger partial charge in [-0.3, -0.25) is 0 Å². The molecule has 0 bridgehead atoms. The Bertz CT molecular complexity index is 455. The van der Waals surface area contributed by atoms with Gasteiger partial charge in [0.15, 0.2) is 0 Å². The van der Waals surface area contributed by atoms with E-state index in [9.17, 15) is 0 Å². The summed E-state index contributed by atoms with van der Waals surface area (Å²) >= 11 is 1.81. The van der Waals surface area contributed by atoms with Crippen molar-refractivity contribution in [1.29, 1.82) is 0 Å². The number of hydrogen-bond acceptors (Lipinski definition) is 3. The number of aromatic nitrogens is 2. The quantitative estimate of drug-likeness (QED) is 0.903. The lowest BCUT2D eigenvalue weighted by Crippen LogP contribution is -2.29. The maximum Gasteiger partial charge on any atom is 0.114 e. The van der Waals surface area contributed by atoms with Crippen LogP contribution in [0.4, 0.5) is 0 Å². The smallest absolute Gasteiger partial charge is 0.114 e. The third kappa shape index (κ3) is 2.42. The van der Waals surface area contributed by atoms with Gasteiger partial charge >= 0.3 is 0 Å². The molecule has 0 radical (unpaired) electrons. The molecule has 3 rings (SSSR count). The Morgan fingerprint density at radius 2 is 2.29 bits per heavy atom. The fourth-order valence-electron chi connectivity index (χ4n) is 2.47. The third-order valence-electron chi connectivity index (χ3n) is 3.36. The van der Waals surface area contributed by atoms with E-state index in [-0.39, 0.29) is 0 Å². The molecule has 1 aliphatic rings. The van der Waals surface area contributed by atoms with Crippen LogP contribution in [0.2, 0.25) is 0 Å². The van der Waals surface area contributed by atoms with E-state index in [1.54, 1.807) is 0 Å². The second-order valence-electron chi connectivity index (χ2n) is 4.49. The summed E-state index contributed by atoms with van der Waals surface area (Å²) in [6.45, 7) is 2.25. The largest absolute Gasteiger partial charge is 0.331 e. The molecular formula is C13H17N3S. The Labute approximate surface area is 106 Å². The summed E-state index contributed by atoms with van der Waals surface area (Å²) in [6, 6.07) is 4.93. The highest BCUT2D eigenvalue weighted by Crippen LogP contribution is 2.22. The number of thiophene rings is 1. The second-order valence-corrected chi connectivity index (χ2v) is 5.52. The lowest BCUT2D eigenvalue weighted by molar-refractivity contribution is 0.361. The molecule has 2 aromatic heterocycles. The summed E-state index contributed by atoms with van der Waals surface area (Å²) in [7, 11) is 0. The van der Waals surface area contributed by atoms with E-state index >= 15 is 0 Å². The molecule has 0 aliphatic carbocycles. The molecule has 2 aromatic rings. The highest BCUT2D eigenvalue weighted by Gasteiger charge is 2.17. The topological polar surface area (TPSA) is 29.9 Å². The van der Waals surface area contributed by atoms with E-state index in [1.165, 1.54) is 23.5 Å². The predicted octanol–water partition coefficient (Wildman–Crippen LogP) is 2.46. The summed E-state index contributed by atoms with van der Waals surface area (Å²) in [6.07, 6.45) is 7.47. The molecule has 17 heavy (non-hydrogen) atoms. The Morgan fingerprint density at radius 3 is 3.06 bits per heavy atom. The zero-order valence-electron chi connectivity index (χ0n) is 9.80. The van der Waals surface area contributed by atoms with Crippen molar-refractivity contribution >= 4 is 11.3 Å². The number of nitrogens with zero attached hydrogens (tertiary/aromatic N) is 2. The average Bonchev–Trinajstić information content (AvgIpc) is 3.02. The number of rotatable bonds is 3. The van der Waals surface area contributed by atoms with Gasteiger partial charge in [0.05, 0.1) is 0 Å². The predicted molar refractivity (Wildman–Crippen MR) is 70.5 cm³/mol. The fraction of sp³-hybridized carbons (Fsp3) is 0.462. The first kappa shape index (κ1) is 11.0. The van der Waals surface area contributed by atoms with E-state index in [4.69, 9.17) is 0 Å². The molecule has 0 aromatic carbocycles. The van der Waals surface area contributed by atoms with Gasteiger partial charge in [-0.2, -0.15) is 0 Å². The number of hydrogen-bond donors (Lipinski definition) is 1. The SMILES string of the molecule is c1csc(Cc2nccn2C2CCNCC2)c1. The van der Waals surface area contributed by atoms with E-state index in [0.29, 0.717) is 6.04 Å². The second kappa shape index (κ2) is 5.02. The minimum Gasteiger partial charge on any atom is -0.331 e. The van der Waals surface area contributed by atoms with Crippen LogP contribution in [0.1, 0.15) is 29.6 Å². The first-order valence-corrected chi connectivity index (χ1v) is 7.06. The normalized spacial score (nSPS) is 17.4. The zero-order chi connectivity index (χ0) is 11.5. The van der Waals surface area contributed by atoms with Crippen LogP contribution in [0, 0.1) is 0 Å². The van der Waals surface area contributed by atoms with Crippen LogP contribution in [-0.4, -0.2) is 22.6 Å². The summed E-state index contributed by atoms with van der Waals surface area (Å²) < 4.78 is 2.38. The molecule has 1 fully saturated rings. The van der Waals surface area contributed by atoms with Gasteiger partial charge in [0.25, 0.3) is 0 Å². The van der Waals surface area contributed by atoms with Crippen molar-refractivity contribution in [2.24, 2.45) is 0 Å². The molecule has 3 heterocycles. The van der Waals surface area contributed by atoms with Crippen LogP contribution in [0.25, 0.3) is 0 Å². The Morgan fingerprint density at radius 1 is 1.41 bits per heavy atom. The van der Waals surface area contributed by atoms with Crippen molar-refractivity contribution in [3.63, 3.8) is 0 Å². The van der Waals surface area contributed by atoms with Crippen molar-refractivity contribution in [3.8, 4) is 0 Å². The van der Waals surface area contributed by atoms with Crippen LogP contribution in [0.15, 0.2) is 29.9 Å². The molecule has 0 unspecified atom stereocenters. The zero-order valence-corrected chi connectivity index (χ0v) is 10.6. The van der Waals surface area contributed by atoms with Gasteiger partial charge in [-0.15, -0.1) is 11.3 Å². The lowest BCUT2D eigenvalue weighted by atomic mass is 10.1. The first-order chi connectivity index (χ1) is 8.43. The van der Waals surface area contributed by atoms with Gasteiger partial charge in [0.2, 0.25) is 0 Å². The minimum absolute atomic E-state index is 0.633. The van der Waals surface area contributed by atoms with Crippen LogP contribution < -0.4 is 5.32 Å². The van der Waals surface area contributed by atoms with Crippen LogP contribution in [-0.2, 0) is 6.42 Å². The molecule has 1 N–H and O–H groups in total. The Kier molecular flexibility index (Phi) is 3.25. The highest BCUT2D eigenvalue weighted by molar-refractivity contribution is 7.09. The van der Waals surface area contributed by atoms with Crippen LogP contribution >= 0.6 is 11.3 Å². The van der Waals surface area contributed by atoms with Gasteiger partial charge in [0.1, 0.15) is 5.82 Å². The van der Waals surface area contributed by atoms with Gasteiger partial charge in [-0.05, 0) is 37.4 Å². The molecule has 90 valence electrons. The molecule has 1 saturated heterocycles. The maximum absolute atomic E-state index is 4.52. The molecule has 4 heteroatoms. The van der Waals surface area contributed by atoms with Crippen LogP contribution in [0.3, 0.4) is 0 Å². The molecule has 0 saturated carbocycles. The summed E-state index contributed by atoms with van der Waals surface area (Å²) in [4.78, 5) is 5.91. The minimum atomic E-state index is 0.633. The number of imidazole rings is 1. The van der Waals surface area contributed by atoms with Gasteiger partial charge in [0, 0.05) is 29.7 Å². The van der Waals surface area contributed by atoms with Gasteiger partial charge in [-0.25, -0.2) is 4.98 Å². The van der Waals surface area contributed by atoms with Gasteiger partial charge < -0.3 is 9.88 Å². The van der Waals surface area contributed by atoms with E-state index < -0.39 is 0 Å². The third-order valence-corrected chi connectivity index (χ3v) is 4.24. The summed E-state index contributed by atoms with van der Waals surface area (Å²) in [5.74, 6) is 1.21.